The average molecular weight is 236 g/mol. The lowest BCUT2D eigenvalue weighted by atomic mass is 10.1. The molecule has 1 aromatic rings. The molecule has 0 saturated heterocycles. The van der Waals surface area contributed by atoms with E-state index in [2.05, 4.69) is 5.32 Å². The Morgan fingerprint density at radius 3 is 2.94 bits per heavy atom. The molecular formula is C13H20N2O2. The number of amides is 1. The van der Waals surface area contributed by atoms with Gasteiger partial charge in [0.15, 0.2) is 0 Å². The van der Waals surface area contributed by atoms with Crippen LogP contribution in [0.4, 0.5) is 0 Å². The quantitative estimate of drug-likeness (QED) is 0.737. The molecule has 3 N–H and O–H groups in total. The number of carbonyl (C=O) groups is 1. The van der Waals surface area contributed by atoms with Crippen molar-refractivity contribution in [3.8, 4) is 5.75 Å². The van der Waals surface area contributed by atoms with E-state index in [0.717, 1.165) is 17.7 Å². The first-order chi connectivity index (χ1) is 8.09. The SMILES string of the molecule is CC(=O)NCCCOc1cccc(C(C)N)c1. The summed E-state index contributed by atoms with van der Waals surface area (Å²) in [5, 5.41) is 2.72. The summed E-state index contributed by atoms with van der Waals surface area (Å²) in [6.45, 7) is 4.67. The molecule has 1 aromatic carbocycles. The van der Waals surface area contributed by atoms with Crippen molar-refractivity contribution in [3.63, 3.8) is 0 Å². The van der Waals surface area contributed by atoms with Crippen molar-refractivity contribution >= 4 is 5.91 Å². The molecule has 0 bridgehead atoms. The van der Waals surface area contributed by atoms with Crippen molar-refractivity contribution in [2.45, 2.75) is 26.3 Å². The van der Waals surface area contributed by atoms with Crippen LogP contribution in [0.3, 0.4) is 0 Å². The van der Waals surface area contributed by atoms with Crippen LogP contribution in [-0.4, -0.2) is 19.1 Å². The van der Waals surface area contributed by atoms with Crippen LogP contribution < -0.4 is 15.8 Å². The van der Waals surface area contributed by atoms with Gasteiger partial charge in [-0.1, -0.05) is 12.1 Å². The van der Waals surface area contributed by atoms with Crippen molar-refractivity contribution in [3.05, 3.63) is 29.8 Å². The number of hydrogen-bond donors (Lipinski definition) is 2. The number of nitrogens with one attached hydrogen (secondary N) is 1. The maximum absolute atomic E-state index is 10.6. The second-order valence-corrected chi connectivity index (χ2v) is 4.05. The smallest absolute Gasteiger partial charge is 0.216 e. The van der Waals surface area contributed by atoms with Gasteiger partial charge < -0.3 is 15.8 Å². The molecule has 4 nitrogen and oxygen atoms in total. The average Bonchev–Trinajstić information content (AvgIpc) is 2.28. The van der Waals surface area contributed by atoms with E-state index in [4.69, 9.17) is 10.5 Å². The van der Waals surface area contributed by atoms with Crippen LogP contribution in [0.5, 0.6) is 5.75 Å². The number of nitrogens with two attached hydrogens (primary N) is 1. The lowest BCUT2D eigenvalue weighted by Gasteiger charge is -2.10. The van der Waals surface area contributed by atoms with Gasteiger partial charge in [-0.25, -0.2) is 0 Å². The third-order valence-corrected chi connectivity index (χ3v) is 2.35. The highest BCUT2D eigenvalue weighted by Crippen LogP contribution is 2.17. The second kappa shape index (κ2) is 6.91. The lowest BCUT2D eigenvalue weighted by Crippen LogP contribution is -2.22. The van der Waals surface area contributed by atoms with Gasteiger partial charge in [-0.2, -0.15) is 0 Å². The predicted octanol–water partition coefficient (Wildman–Crippen LogP) is 1.61. The summed E-state index contributed by atoms with van der Waals surface area (Å²) in [6, 6.07) is 7.78. The predicted molar refractivity (Wildman–Crippen MR) is 67.8 cm³/mol. The molecule has 0 fully saturated rings. The van der Waals surface area contributed by atoms with Gasteiger partial charge in [0.05, 0.1) is 6.61 Å². The maximum Gasteiger partial charge on any atom is 0.216 e. The van der Waals surface area contributed by atoms with Crippen molar-refractivity contribution < 1.29 is 9.53 Å². The molecule has 0 radical (unpaired) electrons. The molecule has 0 aromatic heterocycles. The summed E-state index contributed by atoms with van der Waals surface area (Å²) >= 11 is 0. The Labute approximate surface area is 102 Å². The van der Waals surface area contributed by atoms with Gasteiger partial charge in [0.25, 0.3) is 0 Å². The lowest BCUT2D eigenvalue weighted by molar-refractivity contribution is -0.118. The van der Waals surface area contributed by atoms with E-state index in [1.54, 1.807) is 0 Å². The molecule has 0 saturated carbocycles. The number of ether oxygens (including phenoxy) is 1. The Morgan fingerprint density at radius 2 is 2.29 bits per heavy atom. The van der Waals surface area contributed by atoms with Crippen LogP contribution in [-0.2, 0) is 4.79 Å². The number of hydrogen-bond acceptors (Lipinski definition) is 3. The summed E-state index contributed by atoms with van der Waals surface area (Å²) in [5.74, 6) is 0.812. The Balaban J connectivity index is 2.31. The first kappa shape index (κ1) is 13.5. The van der Waals surface area contributed by atoms with Crippen LogP contribution in [0, 0.1) is 0 Å². The van der Waals surface area contributed by atoms with Gasteiger partial charge in [0.1, 0.15) is 5.75 Å². The Hall–Kier alpha value is -1.55. The zero-order valence-corrected chi connectivity index (χ0v) is 10.4. The van der Waals surface area contributed by atoms with Gasteiger partial charge in [0, 0.05) is 19.5 Å². The summed E-state index contributed by atoms with van der Waals surface area (Å²) in [5.41, 5.74) is 6.85. The molecular weight excluding hydrogens is 216 g/mol. The Morgan fingerprint density at radius 1 is 1.53 bits per heavy atom. The standard InChI is InChI=1S/C13H20N2O2/c1-10(14)12-5-3-6-13(9-12)17-8-4-7-15-11(2)16/h3,5-6,9-10H,4,7-8,14H2,1-2H3,(H,15,16). The first-order valence-electron chi connectivity index (χ1n) is 5.82. The fourth-order valence-electron chi connectivity index (χ4n) is 1.41. The van der Waals surface area contributed by atoms with Crippen molar-refractivity contribution in [1.29, 1.82) is 0 Å². The molecule has 0 aliphatic heterocycles. The summed E-state index contributed by atoms with van der Waals surface area (Å²) < 4.78 is 5.57. The van der Waals surface area contributed by atoms with Crippen LogP contribution in [0.25, 0.3) is 0 Å². The summed E-state index contributed by atoms with van der Waals surface area (Å²) in [4.78, 5) is 10.6. The highest BCUT2D eigenvalue weighted by molar-refractivity contribution is 5.72. The third-order valence-electron chi connectivity index (χ3n) is 2.35. The molecule has 94 valence electrons. The van der Waals surface area contributed by atoms with Crippen molar-refractivity contribution in [2.75, 3.05) is 13.2 Å². The topological polar surface area (TPSA) is 64.3 Å². The minimum Gasteiger partial charge on any atom is -0.494 e. The fraction of sp³-hybridized carbons (Fsp3) is 0.462. The fourth-order valence-corrected chi connectivity index (χ4v) is 1.41. The maximum atomic E-state index is 10.6. The molecule has 0 heterocycles. The normalized spacial score (nSPS) is 11.9. The van der Waals surface area contributed by atoms with Crippen LogP contribution >= 0.6 is 0 Å². The molecule has 1 rings (SSSR count). The number of rotatable bonds is 6. The Kier molecular flexibility index (Phi) is 5.49. The van der Waals surface area contributed by atoms with E-state index >= 15 is 0 Å². The van der Waals surface area contributed by atoms with Crippen LogP contribution in [0.15, 0.2) is 24.3 Å². The minimum absolute atomic E-state index is 0.0102. The van der Waals surface area contributed by atoms with E-state index in [1.807, 2.05) is 31.2 Å². The molecule has 1 atom stereocenters. The number of carbonyl (C=O) groups excluding carboxylic acids is 1. The largest absolute Gasteiger partial charge is 0.494 e. The van der Waals surface area contributed by atoms with Crippen molar-refractivity contribution in [1.82, 2.24) is 5.32 Å². The van der Waals surface area contributed by atoms with E-state index in [9.17, 15) is 4.79 Å². The molecule has 1 unspecified atom stereocenters. The van der Waals surface area contributed by atoms with Gasteiger partial charge in [0.2, 0.25) is 5.91 Å². The minimum atomic E-state index is -0.0102. The van der Waals surface area contributed by atoms with E-state index < -0.39 is 0 Å². The molecule has 0 spiro atoms. The number of benzene rings is 1. The molecule has 4 heteroatoms. The monoisotopic (exact) mass is 236 g/mol. The summed E-state index contributed by atoms with van der Waals surface area (Å²) in [7, 11) is 0. The van der Waals surface area contributed by atoms with Crippen LogP contribution in [0.2, 0.25) is 0 Å². The van der Waals surface area contributed by atoms with Crippen LogP contribution in [0.1, 0.15) is 31.9 Å². The van der Waals surface area contributed by atoms with Gasteiger partial charge in [-0.05, 0) is 31.0 Å². The van der Waals surface area contributed by atoms with Gasteiger partial charge in [-0.15, -0.1) is 0 Å². The highest BCUT2D eigenvalue weighted by atomic mass is 16.5. The van der Waals surface area contributed by atoms with Crippen molar-refractivity contribution in [2.24, 2.45) is 5.73 Å². The highest BCUT2D eigenvalue weighted by Gasteiger charge is 2.01. The van der Waals surface area contributed by atoms with Gasteiger partial charge in [-0.3, -0.25) is 4.79 Å². The molecule has 1 amide bonds. The first-order valence-corrected chi connectivity index (χ1v) is 5.82. The van der Waals surface area contributed by atoms with E-state index in [0.29, 0.717) is 13.2 Å². The van der Waals surface area contributed by atoms with Gasteiger partial charge >= 0.3 is 0 Å². The zero-order chi connectivity index (χ0) is 12.7. The molecule has 0 aliphatic carbocycles. The van der Waals surface area contributed by atoms with E-state index in [-0.39, 0.29) is 11.9 Å². The van der Waals surface area contributed by atoms with E-state index in [1.165, 1.54) is 6.92 Å². The molecule has 17 heavy (non-hydrogen) atoms. The second-order valence-electron chi connectivity index (χ2n) is 4.05. The summed E-state index contributed by atoms with van der Waals surface area (Å²) in [6.07, 6.45) is 0.794. The zero-order valence-electron chi connectivity index (χ0n) is 10.4. The Bertz CT molecular complexity index is 364. The third kappa shape index (κ3) is 5.36. The molecule has 0 aliphatic rings.